The van der Waals surface area contributed by atoms with E-state index in [9.17, 15) is 0 Å². The number of hydrogen-bond acceptors (Lipinski definition) is 2. The first-order valence-corrected chi connectivity index (χ1v) is 4.25. The maximum absolute atomic E-state index is 5.58. The average molecular weight is 166 g/mol. The lowest BCUT2D eigenvalue weighted by Gasteiger charge is -2.05. The van der Waals surface area contributed by atoms with Gasteiger partial charge in [0.15, 0.2) is 0 Å². The molecule has 0 saturated heterocycles. The first-order chi connectivity index (χ1) is 5.36. The first-order valence-electron chi connectivity index (χ1n) is 3.81. The van der Waals surface area contributed by atoms with Crippen molar-refractivity contribution >= 4 is 12.6 Å². The molecule has 0 N–H and O–H groups in total. The van der Waals surface area contributed by atoms with Crippen molar-refractivity contribution in [2.24, 2.45) is 0 Å². The predicted octanol–water partition coefficient (Wildman–Crippen LogP) is 2.52. The van der Waals surface area contributed by atoms with E-state index in [1.165, 1.54) is 12.8 Å². The number of benzene rings is 1. The molecule has 1 aliphatic carbocycles. The maximum Gasteiger partial charge on any atom is 0.133 e. The van der Waals surface area contributed by atoms with E-state index in [0.29, 0.717) is 6.10 Å². The van der Waals surface area contributed by atoms with Crippen molar-refractivity contribution in [3.8, 4) is 5.75 Å². The second kappa shape index (κ2) is 2.78. The Bertz CT molecular complexity index is 255. The summed E-state index contributed by atoms with van der Waals surface area (Å²) in [6.45, 7) is 0. The van der Waals surface area contributed by atoms with Crippen LogP contribution in [-0.4, -0.2) is 6.10 Å². The summed E-state index contributed by atoms with van der Waals surface area (Å²) in [7, 11) is 0. The average Bonchev–Trinajstić information content (AvgIpc) is 2.78. The highest BCUT2D eigenvalue weighted by Crippen LogP contribution is 2.30. The van der Waals surface area contributed by atoms with Gasteiger partial charge >= 0.3 is 0 Å². The van der Waals surface area contributed by atoms with Gasteiger partial charge in [-0.3, -0.25) is 0 Å². The molecular weight excluding hydrogens is 156 g/mol. The summed E-state index contributed by atoms with van der Waals surface area (Å²) in [5, 5.41) is 0. The SMILES string of the molecule is Sc1ccccc1OC1CC1. The molecule has 2 rings (SSSR count). The van der Waals surface area contributed by atoms with Crippen LogP contribution in [0.2, 0.25) is 0 Å². The highest BCUT2D eigenvalue weighted by Gasteiger charge is 2.23. The third kappa shape index (κ3) is 1.69. The third-order valence-corrected chi connectivity index (χ3v) is 2.05. The number of thiol groups is 1. The van der Waals surface area contributed by atoms with Crippen LogP contribution in [0.15, 0.2) is 29.2 Å². The largest absolute Gasteiger partial charge is 0.489 e. The topological polar surface area (TPSA) is 9.23 Å². The van der Waals surface area contributed by atoms with E-state index < -0.39 is 0 Å². The van der Waals surface area contributed by atoms with Gasteiger partial charge in [-0.2, -0.15) is 0 Å². The number of hydrogen-bond donors (Lipinski definition) is 1. The summed E-state index contributed by atoms with van der Waals surface area (Å²) in [6.07, 6.45) is 2.85. The van der Waals surface area contributed by atoms with Gasteiger partial charge < -0.3 is 4.74 Å². The zero-order valence-corrected chi connectivity index (χ0v) is 7.05. The molecule has 58 valence electrons. The molecule has 0 unspecified atom stereocenters. The maximum atomic E-state index is 5.58. The van der Waals surface area contributed by atoms with E-state index in [2.05, 4.69) is 12.6 Å². The molecule has 1 nitrogen and oxygen atoms in total. The first kappa shape index (κ1) is 7.04. The second-order valence-corrected chi connectivity index (χ2v) is 3.27. The van der Waals surface area contributed by atoms with E-state index in [1.54, 1.807) is 0 Å². The molecule has 1 aromatic rings. The summed E-state index contributed by atoms with van der Waals surface area (Å²) in [5.74, 6) is 0.915. The Morgan fingerprint density at radius 2 is 2.00 bits per heavy atom. The molecular formula is C9H10OS. The standard InChI is InChI=1S/C9H10OS/c11-9-4-2-1-3-8(9)10-7-5-6-7/h1-4,7,11H,5-6H2. The monoisotopic (exact) mass is 166 g/mol. The fourth-order valence-corrected chi connectivity index (χ4v) is 1.14. The Balaban J connectivity index is 2.15. The lowest BCUT2D eigenvalue weighted by Crippen LogP contribution is -1.95. The highest BCUT2D eigenvalue weighted by atomic mass is 32.1. The van der Waals surface area contributed by atoms with Gasteiger partial charge in [0.1, 0.15) is 5.75 Å². The summed E-state index contributed by atoms with van der Waals surface area (Å²) < 4.78 is 5.58. The van der Waals surface area contributed by atoms with Gasteiger partial charge in [-0.25, -0.2) is 0 Å². The minimum absolute atomic E-state index is 0.461. The summed E-state index contributed by atoms with van der Waals surface area (Å²) in [5.41, 5.74) is 0. The molecule has 0 aromatic heterocycles. The van der Waals surface area contributed by atoms with Crippen LogP contribution in [-0.2, 0) is 0 Å². The van der Waals surface area contributed by atoms with Crippen molar-refractivity contribution in [1.82, 2.24) is 0 Å². The van der Waals surface area contributed by atoms with Crippen molar-refractivity contribution in [2.45, 2.75) is 23.8 Å². The fraction of sp³-hybridized carbons (Fsp3) is 0.333. The second-order valence-electron chi connectivity index (χ2n) is 2.78. The lowest BCUT2D eigenvalue weighted by atomic mass is 10.3. The molecule has 1 aromatic carbocycles. The quantitative estimate of drug-likeness (QED) is 0.664. The Labute approximate surface area is 71.8 Å². The van der Waals surface area contributed by atoms with Crippen LogP contribution in [0.5, 0.6) is 5.75 Å². The third-order valence-electron chi connectivity index (χ3n) is 1.68. The minimum Gasteiger partial charge on any atom is -0.489 e. The summed E-state index contributed by atoms with van der Waals surface area (Å²) >= 11 is 4.28. The summed E-state index contributed by atoms with van der Waals surface area (Å²) in [4.78, 5) is 0.930. The fourth-order valence-electron chi connectivity index (χ4n) is 0.922. The zero-order chi connectivity index (χ0) is 7.68. The highest BCUT2D eigenvalue weighted by molar-refractivity contribution is 7.80. The normalized spacial score (nSPS) is 16.5. The zero-order valence-electron chi connectivity index (χ0n) is 6.16. The molecule has 0 heterocycles. The van der Waals surface area contributed by atoms with Crippen molar-refractivity contribution in [2.75, 3.05) is 0 Å². The van der Waals surface area contributed by atoms with Gasteiger partial charge in [-0.1, -0.05) is 12.1 Å². The smallest absolute Gasteiger partial charge is 0.133 e. The van der Waals surface area contributed by atoms with Crippen molar-refractivity contribution < 1.29 is 4.74 Å². The van der Waals surface area contributed by atoms with Gasteiger partial charge in [0.25, 0.3) is 0 Å². The van der Waals surface area contributed by atoms with Crippen LogP contribution in [0.3, 0.4) is 0 Å². The van der Waals surface area contributed by atoms with Gasteiger partial charge in [0.05, 0.1) is 6.10 Å². The predicted molar refractivity (Wildman–Crippen MR) is 47.3 cm³/mol. The van der Waals surface area contributed by atoms with E-state index in [-0.39, 0.29) is 0 Å². The van der Waals surface area contributed by atoms with Crippen LogP contribution in [0.4, 0.5) is 0 Å². The molecule has 2 heteroatoms. The molecule has 0 spiro atoms. The van der Waals surface area contributed by atoms with Crippen LogP contribution < -0.4 is 4.74 Å². The minimum atomic E-state index is 0.461. The molecule has 1 saturated carbocycles. The van der Waals surface area contributed by atoms with Crippen LogP contribution in [0.25, 0.3) is 0 Å². The van der Waals surface area contributed by atoms with Crippen LogP contribution >= 0.6 is 12.6 Å². The number of ether oxygens (including phenoxy) is 1. The Morgan fingerprint density at radius 1 is 1.27 bits per heavy atom. The van der Waals surface area contributed by atoms with Gasteiger partial charge in [-0.05, 0) is 25.0 Å². The molecule has 0 bridgehead atoms. The Morgan fingerprint density at radius 3 is 2.64 bits per heavy atom. The molecule has 1 fully saturated rings. The Kier molecular flexibility index (Phi) is 1.78. The molecule has 0 amide bonds. The molecule has 0 atom stereocenters. The molecule has 0 radical (unpaired) electrons. The molecule has 1 aliphatic rings. The molecule has 0 aliphatic heterocycles. The van der Waals surface area contributed by atoms with Crippen molar-refractivity contribution in [3.63, 3.8) is 0 Å². The van der Waals surface area contributed by atoms with Gasteiger partial charge in [0.2, 0.25) is 0 Å². The van der Waals surface area contributed by atoms with E-state index >= 15 is 0 Å². The van der Waals surface area contributed by atoms with Gasteiger partial charge in [0, 0.05) is 4.90 Å². The van der Waals surface area contributed by atoms with E-state index in [1.807, 2.05) is 24.3 Å². The van der Waals surface area contributed by atoms with Crippen LogP contribution in [0, 0.1) is 0 Å². The Hall–Kier alpha value is -0.630. The van der Waals surface area contributed by atoms with E-state index in [0.717, 1.165) is 10.6 Å². The van der Waals surface area contributed by atoms with Crippen molar-refractivity contribution in [3.05, 3.63) is 24.3 Å². The van der Waals surface area contributed by atoms with E-state index in [4.69, 9.17) is 4.74 Å². The molecule has 11 heavy (non-hydrogen) atoms. The van der Waals surface area contributed by atoms with Crippen LogP contribution in [0.1, 0.15) is 12.8 Å². The van der Waals surface area contributed by atoms with Crippen molar-refractivity contribution in [1.29, 1.82) is 0 Å². The summed E-state index contributed by atoms with van der Waals surface area (Å²) in [6, 6.07) is 7.83. The lowest BCUT2D eigenvalue weighted by molar-refractivity contribution is 0.296. The number of rotatable bonds is 2. The number of para-hydroxylation sites is 1. The van der Waals surface area contributed by atoms with Gasteiger partial charge in [-0.15, -0.1) is 12.6 Å².